The van der Waals surface area contributed by atoms with Crippen LogP contribution in [0.3, 0.4) is 0 Å². The number of guanidine groups is 1. The summed E-state index contributed by atoms with van der Waals surface area (Å²) in [6, 6.07) is 8.40. The summed E-state index contributed by atoms with van der Waals surface area (Å²) in [5.41, 5.74) is 1.29. The van der Waals surface area contributed by atoms with Gasteiger partial charge in [-0.3, -0.25) is 4.99 Å². The van der Waals surface area contributed by atoms with E-state index in [2.05, 4.69) is 55.3 Å². The van der Waals surface area contributed by atoms with Crippen LogP contribution in [0.1, 0.15) is 32.8 Å². The second-order valence-electron chi connectivity index (χ2n) is 7.39. The molecule has 1 N–H and O–H groups in total. The molecule has 27 heavy (non-hydrogen) atoms. The van der Waals surface area contributed by atoms with Gasteiger partial charge in [-0.05, 0) is 43.4 Å². The quantitative estimate of drug-likeness (QED) is 0.326. The first-order chi connectivity index (χ1) is 12.6. The van der Waals surface area contributed by atoms with Crippen LogP contribution in [-0.4, -0.2) is 57.4 Å². The van der Waals surface area contributed by atoms with Crippen LogP contribution >= 0.6 is 24.0 Å². The minimum absolute atomic E-state index is 0. The molecule has 1 unspecified atom stereocenters. The number of hydrogen-bond acceptors (Lipinski definition) is 3. The van der Waals surface area contributed by atoms with E-state index in [0.717, 1.165) is 57.5 Å². The molecule has 1 aromatic carbocycles. The molecule has 5 nitrogen and oxygen atoms in total. The highest BCUT2D eigenvalue weighted by Gasteiger charge is 2.24. The summed E-state index contributed by atoms with van der Waals surface area (Å²) < 4.78 is 11.0. The molecule has 0 aliphatic carbocycles. The molecule has 0 aromatic heterocycles. The molecule has 0 amide bonds. The fourth-order valence-electron chi connectivity index (χ4n) is 3.13. The van der Waals surface area contributed by atoms with E-state index in [1.165, 1.54) is 12.0 Å². The number of rotatable bonds is 9. The SMILES string of the molecule is CCNC(=NCCc1ccc(OCC(C)C)cc1)N1CCC(COC)C1.I. The minimum Gasteiger partial charge on any atom is -0.493 e. The van der Waals surface area contributed by atoms with Gasteiger partial charge in [0.25, 0.3) is 0 Å². The lowest BCUT2D eigenvalue weighted by molar-refractivity contribution is 0.157. The van der Waals surface area contributed by atoms with Crippen molar-refractivity contribution in [1.29, 1.82) is 0 Å². The molecule has 154 valence electrons. The molecular formula is C21H36IN3O2. The van der Waals surface area contributed by atoms with Crippen LogP contribution in [0.4, 0.5) is 0 Å². The van der Waals surface area contributed by atoms with Crippen LogP contribution in [0, 0.1) is 11.8 Å². The van der Waals surface area contributed by atoms with E-state index in [0.29, 0.717) is 11.8 Å². The van der Waals surface area contributed by atoms with E-state index in [9.17, 15) is 0 Å². The molecule has 1 aliphatic heterocycles. The van der Waals surface area contributed by atoms with Gasteiger partial charge in [0.2, 0.25) is 0 Å². The maximum Gasteiger partial charge on any atom is 0.193 e. The average molecular weight is 489 g/mol. The first kappa shape index (κ1) is 24.0. The van der Waals surface area contributed by atoms with Crippen molar-refractivity contribution < 1.29 is 9.47 Å². The van der Waals surface area contributed by atoms with Gasteiger partial charge < -0.3 is 19.7 Å². The van der Waals surface area contributed by atoms with Crippen molar-refractivity contribution in [2.24, 2.45) is 16.8 Å². The maximum absolute atomic E-state index is 5.74. The Morgan fingerprint density at radius 2 is 2.04 bits per heavy atom. The van der Waals surface area contributed by atoms with Gasteiger partial charge >= 0.3 is 0 Å². The molecule has 0 saturated carbocycles. The third-order valence-corrected chi connectivity index (χ3v) is 4.49. The summed E-state index contributed by atoms with van der Waals surface area (Å²) in [6.45, 7) is 11.8. The number of ether oxygens (including phenoxy) is 2. The Morgan fingerprint density at radius 1 is 1.30 bits per heavy atom. The van der Waals surface area contributed by atoms with Crippen molar-refractivity contribution in [3.8, 4) is 5.75 Å². The van der Waals surface area contributed by atoms with Gasteiger partial charge in [0.15, 0.2) is 5.96 Å². The number of methoxy groups -OCH3 is 1. The predicted molar refractivity (Wildman–Crippen MR) is 123 cm³/mol. The van der Waals surface area contributed by atoms with E-state index < -0.39 is 0 Å². The smallest absolute Gasteiger partial charge is 0.193 e. The predicted octanol–water partition coefficient (Wildman–Crippen LogP) is 3.82. The third kappa shape index (κ3) is 8.68. The van der Waals surface area contributed by atoms with Gasteiger partial charge in [-0.1, -0.05) is 26.0 Å². The van der Waals surface area contributed by atoms with E-state index in [1.54, 1.807) is 7.11 Å². The Bertz CT molecular complexity index is 549. The standard InChI is InChI=1S/C21H35N3O2.HI/c1-5-22-21(24-13-11-19(14-24)16-25-4)23-12-10-18-6-8-20(9-7-18)26-15-17(2)3;/h6-9,17,19H,5,10-16H2,1-4H3,(H,22,23);1H. The third-order valence-electron chi connectivity index (χ3n) is 4.49. The van der Waals surface area contributed by atoms with Crippen molar-refractivity contribution in [3.05, 3.63) is 29.8 Å². The molecule has 1 aromatic rings. The van der Waals surface area contributed by atoms with E-state index >= 15 is 0 Å². The number of likely N-dealkylation sites (tertiary alicyclic amines) is 1. The lowest BCUT2D eigenvalue weighted by Crippen LogP contribution is -2.40. The van der Waals surface area contributed by atoms with Crippen LogP contribution in [0.5, 0.6) is 5.75 Å². The second kappa shape index (κ2) is 13.2. The lowest BCUT2D eigenvalue weighted by atomic mass is 10.1. The minimum atomic E-state index is 0. The van der Waals surface area contributed by atoms with Gasteiger partial charge in [-0.15, -0.1) is 24.0 Å². The highest BCUT2D eigenvalue weighted by atomic mass is 127. The fraction of sp³-hybridized carbons (Fsp3) is 0.667. The van der Waals surface area contributed by atoms with E-state index in [-0.39, 0.29) is 24.0 Å². The molecule has 1 heterocycles. The van der Waals surface area contributed by atoms with E-state index in [4.69, 9.17) is 14.5 Å². The summed E-state index contributed by atoms with van der Waals surface area (Å²) in [6.07, 6.45) is 2.12. The molecule has 0 spiro atoms. The number of nitrogens with one attached hydrogen (secondary N) is 1. The van der Waals surface area contributed by atoms with Crippen LogP contribution in [0.25, 0.3) is 0 Å². The topological polar surface area (TPSA) is 46.1 Å². The first-order valence-electron chi connectivity index (χ1n) is 9.86. The highest BCUT2D eigenvalue weighted by molar-refractivity contribution is 14.0. The largest absolute Gasteiger partial charge is 0.493 e. The molecule has 2 rings (SSSR count). The van der Waals surface area contributed by atoms with Gasteiger partial charge in [0, 0.05) is 39.2 Å². The van der Waals surface area contributed by atoms with Crippen molar-refractivity contribution in [3.63, 3.8) is 0 Å². The number of hydrogen-bond donors (Lipinski definition) is 1. The van der Waals surface area contributed by atoms with Gasteiger partial charge in [0.05, 0.1) is 13.2 Å². The molecule has 6 heteroatoms. The zero-order chi connectivity index (χ0) is 18.8. The van der Waals surface area contributed by atoms with Crippen molar-refractivity contribution in [2.45, 2.75) is 33.6 Å². The van der Waals surface area contributed by atoms with Crippen LogP contribution < -0.4 is 10.1 Å². The van der Waals surface area contributed by atoms with Crippen molar-refractivity contribution in [2.75, 3.05) is 46.5 Å². The molecule has 1 aliphatic rings. The van der Waals surface area contributed by atoms with Gasteiger partial charge in [0.1, 0.15) is 5.75 Å². The Balaban J connectivity index is 0.00000364. The number of halogens is 1. The number of nitrogens with zero attached hydrogens (tertiary/aromatic N) is 2. The number of benzene rings is 1. The Hall–Kier alpha value is -1.02. The first-order valence-corrected chi connectivity index (χ1v) is 9.86. The Morgan fingerprint density at radius 3 is 2.67 bits per heavy atom. The highest BCUT2D eigenvalue weighted by Crippen LogP contribution is 2.17. The maximum atomic E-state index is 5.74. The fourth-order valence-corrected chi connectivity index (χ4v) is 3.13. The summed E-state index contributed by atoms with van der Waals surface area (Å²) in [4.78, 5) is 7.18. The van der Waals surface area contributed by atoms with Crippen LogP contribution in [0.15, 0.2) is 29.3 Å². The van der Waals surface area contributed by atoms with Crippen LogP contribution in [0.2, 0.25) is 0 Å². The monoisotopic (exact) mass is 489 g/mol. The Kier molecular flexibility index (Phi) is 11.7. The molecule has 1 fully saturated rings. The summed E-state index contributed by atoms with van der Waals surface area (Å²) in [5, 5.41) is 3.42. The van der Waals surface area contributed by atoms with Gasteiger partial charge in [-0.25, -0.2) is 0 Å². The normalized spacial score (nSPS) is 17.1. The number of aliphatic imine (C=N–C) groups is 1. The zero-order valence-electron chi connectivity index (χ0n) is 17.2. The van der Waals surface area contributed by atoms with Crippen LogP contribution in [-0.2, 0) is 11.2 Å². The zero-order valence-corrected chi connectivity index (χ0v) is 19.6. The molecule has 0 bridgehead atoms. The molecule has 0 radical (unpaired) electrons. The molecular weight excluding hydrogens is 453 g/mol. The summed E-state index contributed by atoms with van der Waals surface area (Å²) in [7, 11) is 1.78. The summed E-state index contributed by atoms with van der Waals surface area (Å²) in [5.74, 6) is 3.13. The van der Waals surface area contributed by atoms with Gasteiger partial charge in [-0.2, -0.15) is 0 Å². The average Bonchev–Trinajstić information content (AvgIpc) is 3.09. The van der Waals surface area contributed by atoms with Crippen molar-refractivity contribution in [1.82, 2.24) is 10.2 Å². The second-order valence-corrected chi connectivity index (χ2v) is 7.39. The Labute approximate surface area is 181 Å². The molecule has 1 atom stereocenters. The summed E-state index contributed by atoms with van der Waals surface area (Å²) >= 11 is 0. The molecule has 1 saturated heterocycles. The van der Waals surface area contributed by atoms with Crippen molar-refractivity contribution >= 4 is 29.9 Å². The van der Waals surface area contributed by atoms with E-state index in [1.807, 2.05) is 0 Å². The lowest BCUT2D eigenvalue weighted by Gasteiger charge is -2.21.